The van der Waals surface area contributed by atoms with E-state index < -0.39 is 0 Å². The first-order valence-electron chi connectivity index (χ1n) is 2.90. The molecule has 0 saturated heterocycles. The van der Waals surface area contributed by atoms with E-state index in [2.05, 4.69) is 4.98 Å². The summed E-state index contributed by atoms with van der Waals surface area (Å²) >= 11 is 0. The first-order valence-corrected chi connectivity index (χ1v) is 2.90. The number of aryl methyl sites for hydroxylation is 1. The number of aromatic amines is 1. The van der Waals surface area contributed by atoms with Crippen LogP contribution in [0.15, 0.2) is 22.7 Å². The zero-order chi connectivity index (χ0) is 6.27. The van der Waals surface area contributed by atoms with Crippen LogP contribution in [0.3, 0.4) is 0 Å². The molecule has 0 unspecified atom stereocenters. The quantitative estimate of drug-likeness (QED) is 0.568. The lowest BCUT2D eigenvalue weighted by molar-refractivity contribution is 0.579. The highest BCUT2D eigenvalue weighted by Gasteiger charge is 1.97. The molecule has 2 aromatic heterocycles. The SMILES string of the molecule is Cc1cc2[nH]ccc2o1. The first-order chi connectivity index (χ1) is 4.36. The number of nitrogens with one attached hydrogen (secondary N) is 1. The monoisotopic (exact) mass is 121 g/mol. The highest BCUT2D eigenvalue weighted by atomic mass is 16.3. The van der Waals surface area contributed by atoms with Crippen LogP contribution in [-0.2, 0) is 0 Å². The first kappa shape index (κ1) is 4.68. The molecule has 0 aliphatic carbocycles. The Hall–Kier alpha value is -1.18. The Morgan fingerprint density at radius 2 is 2.44 bits per heavy atom. The van der Waals surface area contributed by atoms with Gasteiger partial charge in [0, 0.05) is 12.3 Å². The molecule has 0 saturated carbocycles. The fourth-order valence-corrected chi connectivity index (χ4v) is 0.976. The van der Waals surface area contributed by atoms with E-state index in [0.717, 1.165) is 16.9 Å². The van der Waals surface area contributed by atoms with Crippen molar-refractivity contribution in [1.29, 1.82) is 0 Å². The van der Waals surface area contributed by atoms with Crippen molar-refractivity contribution in [2.24, 2.45) is 0 Å². The maximum absolute atomic E-state index is 5.28. The van der Waals surface area contributed by atoms with Gasteiger partial charge in [0.15, 0.2) is 5.58 Å². The largest absolute Gasteiger partial charge is 0.460 e. The number of fused-ring (bicyclic) bond motifs is 1. The zero-order valence-electron chi connectivity index (χ0n) is 5.14. The lowest BCUT2D eigenvalue weighted by atomic mass is 10.4. The Balaban J connectivity index is 2.92. The van der Waals surface area contributed by atoms with Crippen molar-refractivity contribution in [3.05, 3.63) is 24.1 Å². The molecular weight excluding hydrogens is 114 g/mol. The van der Waals surface area contributed by atoms with E-state index in [-0.39, 0.29) is 0 Å². The number of furan rings is 1. The molecule has 1 N–H and O–H groups in total. The summed E-state index contributed by atoms with van der Waals surface area (Å²) in [6, 6.07) is 3.90. The van der Waals surface area contributed by atoms with Crippen molar-refractivity contribution >= 4 is 11.1 Å². The summed E-state index contributed by atoms with van der Waals surface area (Å²) in [6.45, 7) is 1.94. The maximum atomic E-state index is 5.28. The van der Waals surface area contributed by atoms with Crippen molar-refractivity contribution in [2.75, 3.05) is 0 Å². The highest BCUT2D eigenvalue weighted by Crippen LogP contribution is 2.15. The number of rotatable bonds is 0. The predicted molar refractivity (Wildman–Crippen MR) is 35.3 cm³/mol. The lowest BCUT2D eigenvalue weighted by Crippen LogP contribution is -1.55. The molecule has 9 heavy (non-hydrogen) atoms. The van der Waals surface area contributed by atoms with Crippen LogP contribution in [0.1, 0.15) is 5.76 Å². The van der Waals surface area contributed by atoms with Crippen LogP contribution in [0.25, 0.3) is 11.1 Å². The van der Waals surface area contributed by atoms with Crippen LogP contribution in [-0.4, -0.2) is 4.98 Å². The predicted octanol–water partition coefficient (Wildman–Crippen LogP) is 2.07. The minimum absolute atomic E-state index is 0.938. The van der Waals surface area contributed by atoms with Crippen molar-refractivity contribution in [3.8, 4) is 0 Å². The van der Waals surface area contributed by atoms with Crippen molar-refractivity contribution in [2.45, 2.75) is 6.92 Å². The van der Waals surface area contributed by atoms with Gasteiger partial charge in [0.25, 0.3) is 0 Å². The molecule has 2 heteroatoms. The van der Waals surface area contributed by atoms with Crippen LogP contribution < -0.4 is 0 Å². The second-order valence-corrected chi connectivity index (χ2v) is 2.11. The van der Waals surface area contributed by atoms with Crippen LogP contribution >= 0.6 is 0 Å². The van der Waals surface area contributed by atoms with E-state index in [4.69, 9.17) is 4.42 Å². The summed E-state index contributed by atoms with van der Waals surface area (Å²) in [7, 11) is 0. The van der Waals surface area contributed by atoms with E-state index in [9.17, 15) is 0 Å². The molecule has 0 atom stereocenters. The van der Waals surface area contributed by atoms with E-state index in [1.165, 1.54) is 0 Å². The topological polar surface area (TPSA) is 28.9 Å². The molecule has 2 aromatic rings. The van der Waals surface area contributed by atoms with E-state index in [1.54, 1.807) is 0 Å². The van der Waals surface area contributed by atoms with Crippen LogP contribution in [0.2, 0.25) is 0 Å². The van der Waals surface area contributed by atoms with Gasteiger partial charge in [0.05, 0.1) is 5.52 Å². The minimum atomic E-state index is 0.938. The van der Waals surface area contributed by atoms with Gasteiger partial charge in [0.1, 0.15) is 5.76 Å². The maximum Gasteiger partial charge on any atom is 0.151 e. The minimum Gasteiger partial charge on any atom is -0.460 e. The molecule has 0 radical (unpaired) electrons. The summed E-state index contributed by atoms with van der Waals surface area (Å²) in [5.74, 6) is 0.955. The number of H-pyrrole nitrogens is 1. The van der Waals surface area contributed by atoms with E-state index in [0.29, 0.717) is 0 Å². The third-order valence-electron chi connectivity index (χ3n) is 1.36. The summed E-state index contributed by atoms with van der Waals surface area (Å²) in [4.78, 5) is 3.05. The Bertz CT molecular complexity index is 290. The van der Waals surface area contributed by atoms with Gasteiger partial charge in [-0.3, -0.25) is 0 Å². The average molecular weight is 121 g/mol. The Morgan fingerprint density at radius 1 is 1.56 bits per heavy atom. The van der Waals surface area contributed by atoms with Gasteiger partial charge >= 0.3 is 0 Å². The molecule has 0 bridgehead atoms. The van der Waals surface area contributed by atoms with Crippen LogP contribution in [0, 0.1) is 6.92 Å². The summed E-state index contributed by atoms with van der Waals surface area (Å²) < 4.78 is 5.28. The molecule has 0 aliphatic heterocycles. The number of hydrogen-bond acceptors (Lipinski definition) is 1. The number of aromatic nitrogens is 1. The van der Waals surface area contributed by atoms with Gasteiger partial charge in [-0.1, -0.05) is 0 Å². The molecule has 0 aliphatic rings. The third kappa shape index (κ3) is 0.560. The fourth-order valence-electron chi connectivity index (χ4n) is 0.976. The van der Waals surface area contributed by atoms with Crippen LogP contribution in [0.4, 0.5) is 0 Å². The van der Waals surface area contributed by atoms with Gasteiger partial charge in [-0.05, 0) is 13.0 Å². The highest BCUT2D eigenvalue weighted by molar-refractivity contribution is 5.73. The molecule has 0 amide bonds. The average Bonchev–Trinajstić information content (AvgIpc) is 2.22. The summed E-state index contributed by atoms with van der Waals surface area (Å²) in [5, 5.41) is 0. The lowest BCUT2D eigenvalue weighted by Gasteiger charge is -1.73. The molecule has 2 nitrogen and oxygen atoms in total. The van der Waals surface area contributed by atoms with Gasteiger partial charge < -0.3 is 9.40 Å². The Morgan fingerprint density at radius 3 is 3.22 bits per heavy atom. The van der Waals surface area contributed by atoms with Gasteiger partial charge in [0.2, 0.25) is 0 Å². The van der Waals surface area contributed by atoms with Crippen LogP contribution in [0.5, 0.6) is 0 Å². The molecule has 46 valence electrons. The Labute approximate surface area is 52.5 Å². The number of hydrogen-bond donors (Lipinski definition) is 1. The Kier molecular flexibility index (Phi) is 0.730. The van der Waals surface area contributed by atoms with Crippen molar-refractivity contribution < 1.29 is 4.42 Å². The molecule has 0 spiro atoms. The molecule has 0 fully saturated rings. The second-order valence-electron chi connectivity index (χ2n) is 2.11. The van der Waals surface area contributed by atoms with Crippen molar-refractivity contribution in [1.82, 2.24) is 4.98 Å². The van der Waals surface area contributed by atoms with Gasteiger partial charge in [-0.25, -0.2) is 0 Å². The van der Waals surface area contributed by atoms with Gasteiger partial charge in [-0.2, -0.15) is 0 Å². The summed E-state index contributed by atoms with van der Waals surface area (Å²) in [5.41, 5.74) is 2.01. The summed E-state index contributed by atoms with van der Waals surface area (Å²) in [6.07, 6.45) is 1.87. The fraction of sp³-hybridized carbons (Fsp3) is 0.143. The second kappa shape index (κ2) is 1.41. The van der Waals surface area contributed by atoms with E-state index >= 15 is 0 Å². The van der Waals surface area contributed by atoms with Crippen molar-refractivity contribution in [3.63, 3.8) is 0 Å². The molecule has 2 rings (SSSR count). The zero-order valence-corrected chi connectivity index (χ0v) is 5.14. The smallest absolute Gasteiger partial charge is 0.151 e. The van der Waals surface area contributed by atoms with E-state index in [1.807, 2.05) is 25.3 Å². The standard InChI is InChI=1S/C7H7NO/c1-5-4-6-7(9-5)2-3-8-6/h2-4,8H,1H3. The van der Waals surface area contributed by atoms with Gasteiger partial charge in [-0.15, -0.1) is 0 Å². The molecule has 2 heterocycles. The third-order valence-corrected chi connectivity index (χ3v) is 1.36. The molecular formula is C7H7NO. The normalized spacial score (nSPS) is 10.8. The molecule has 0 aromatic carbocycles.